The van der Waals surface area contributed by atoms with Crippen molar-refractivity contribution in [2.75, 3.05) is 13.7 Å². The number of nitrogens with zero attached hydrogens (tertiary/aromatic N) is 2. The Hall–Kier alpha value is -0.400. The average molecular weight is 313 g/mol. The van der Waals surface area contributed by atoms with Crippen LogP contribution in [0.2, 0.25) is 10.2 Å². The van der Waals surface area contributed by atoms with E-state index in [1.807, 2.05) is 0 Å². The summed E-state index contributed by atoms with van der Waals surface area (Å²) in [6.45, 7) is 2.91. The van der Waals surface area contributed by atoms with Crippen molar-refractivity contribution >= 4 is 33.2 Å². The minimum Gasteiger partial charge on any atom is -0.394 e. The van der Waals surface area contributed by atoms with Gasteiger partial charge in [0.1, 0.15) is 10.0 Å². The van der Waals surface area contributed by atoms with E-state index in [0.29, 0.717) is 0 Å². The van der Waals surface area contributed by atoms with Crippen LogP contribution in [-0.4, -0.2) is 42.0 Å². The van der Waals surface area contributed by atoms with E-state index in [9.17, 15) is 13.5 Å². The second kappa shape index (κ2) is 5.30. The zero-order valence-corrected chi connectivity index (χ0v) is 12.5. The van der Waals surface area contributed by atoms with Crippen LogP contribution < -0.4 is 0 Å². The van der Waals surface area contributed by atoms with Gasteiger partial charge >= 0.3 is 0 Å². The Morgan fingerprint density at radius 2 is 2.00 bits per heavy atom. The second-order valence-electron chi connectivity index (χ2n) is 4.39. The molecule has 1 aromatic rings. The lowest BCUT2D eigenvalue weighted by atomic mass is 10.1. The predicted octanol–water partition coefficient (Wildman–Crippen LogP) is 1.78. The van der Waals surface area contributed by atoms with Gasteiger partial charge in [-0.05, 0) is 19.9 Å². The number of hydrogen-bond acceptors (Lipinski definition) is 4. The number of aliphatic hydroxyl groups excluding tert-OH is 1. The van der Waals surface area contributed by atoms with Gasteiger partial charge in [0, 0.05) is 13.2 Å². The maximum atomic E-state index is 12.3. The van der Waals surface area contributed by atoms with Gasteiger partial charge in [0.2, 0.25) is 10.0 Å². The van der Waals surface area contributed by atoms with Crippen molar-refractivity contribution in [1.29, 1.82) is 0 Å². The molecule has 0 aliphatic heterocycles. The summed E-state index contributed by atoms with van der Waals surface area (Å²) >= 11 is 11.4. The summed E-state index contributed by atoms with van der Waals surface area (Å²) in [5, 5.41) is 9.31. The molecule has 0 amide bonds. The van der Waals surface area contributed by atoms with Crippen LogP contribution >= 0.6 is 23.2 Å². The summed E-state index contributed by atoms with van der Waals surface area (Å²) in [5.74, 6) is 0. The highest BCUT2D eigenvalue weighted by atomic mass is 35.5. The third-order valence-electron chi connectivity index (χ3n) is 2.67. The van der Waals surface area contributed by atoms with Gasteiger partial charge in [-0.2, -0.15) is 4.31 Å². The van der Waals surface area contributed by atoms with Crippen LogP contribution in [0.25, 0.3) is 0 Å². The summed E-state index contributed by atoms with van der Waals surface area (Å²) in [4.78, 5) is 3.63. The molecule has 0 bridgehead atoms. The Balaban J connectivity index is 3.26. The maximum absolute atomic E-state index is 12.3. The number of halogens is 2. The molecular formula is C10H14Cl2N2O3S. The van der Waals surface area contributed by atoms with Crippen LogP contribution in [0.15, 0.2) is 17.2 Å². The molecule has 8 heteroatoms. The van der Waals surface area contributed by atoms with Crippen molar-refractivity contribution in [2.24, 2.45) is 0 Å². The SMILES string of the molecule is CN(C(C)(C)CO)S(=O)(=O)c1cnc(Cl)c(Cl)c1. The lowest BCUT2D eigenvalue weighted by molar-refractivity contribution is 0.138. The summed E-state index contributed by atoms with van der Waals surface area (Å²) in [6, 6.07) is 1.23. The third-order valence-corrected chi connectivity index (χ3v) is 5.39. The molecule has 18 heavy (non-hydrogen) atoms. The second-order valence-corrected chi connectivity index (χ2v) is 7.12. The highest BCUT2D eigenvalue weighted by Gasteiger charge is 2.34. The van der Waals surface area contributed by atoms with Crippen molar-refractivity contribution in [3.63, 3.8) is 0 Å². The molecule has 0 atom stereocenters. The van der Waals surface area contributed by atoms with Gasteiger partial charge in [-0.1, -0.05) is 23.2 Å². The molecule has 1 aromatic heterocycles. The van der Waals surface area contributed by atoms with Crippen LogP contribution in [0.4, 0.5) is 0 Å². The van der Waals surface area contributed by atoms with Gasteiger partial charge in [-0.3, -0.25) is 0 Å². The molecule has 0 saturated carbocycles. The fraction of sp³-hybridized carbons (Fsp3) is 0.500. The summed E-state index contributed by atoms with van der Waals surface area (Å²) in [5.41, 5.74) is -0.926. The highest BCUT2D eigenvalue weighted by molar-refractivity contribution is 7.89. The zero-order valence-electron chi connectivity index (χ0n) is 10.2. The van der Waals surface area contributed by atoms with Crippen LogP contribution in [0.1, 0.15) is 13.8 Å². The third kappa shape index (κ3) is 2.95. The quantitative estimate of drug-likeness (QED) is 0.860. The smallest absolute Gasteiger partial charge is 0.244 e. The van der Waals surface area contributed by atoms with Crippen molar-refractivity contribution in [3.05, 3.63) is 22.4 Å². The molecule has 0 unspecified atom stereocenters. The van der Waals surface area contributed by atoms with E-state index in [4.69, 9.17) is 23.2 Å². The fourth-order valence-corrected chi connectivity index (χ4v) is 2.94. The topological polar surface area (TPSA) is 70.5 Å². The van der Waals surface area contributed by atoms with Crippen LogP contribution in [0, 0.1) is 0 Å². The lowest BCUT2D eigenvalue weighted by Gasteiger charge is -2.32. The predicted molar refractivity (Wildman–Crippen MR) is 70.4 cm³/mol. The lowest BCUT2D eigenvalue weighted by Crippen LogP contribution is -2.47. The van der Waals surface area contributed by atoms with Gasteiger partial charge in [0.05, 0.1) is 17.2 Å². The Morgan fingerprint density at radius 1 is 1.44 bits per heavy atom. The molecule has 102 valence electrons. The standard InChI is InChI=1S/C10H14Cl2N2O3S/c1-10(2,6-15)14(3)18(16,17)7-4-8(11)9(12)13-5-7/h4-5,15H,6H2,1-3H3. The molecular weight excluding hydrogens is 299 g/mol. The number of likely N-dealkylation sites (N-methyl/N-ethyl adjacent to an activating group) is 1. The zero-order chi connectivity index (χ0) is 14.1. The van der Waals surface area contributed by atoms with Gasteiger partial charge in [-0.15, -0.1) is 0 Å². The van der Waals surface area contributed by atoms with Crippen molar-refractivity contribution in [3.8, 4) is 0 Å². The Bertz CT molecular complexity index is 546. The van der Waals surface area contributed by atoms with E-state index in [1.165, 1.54) is 13.1 Å². The minimum atomic E-state index is -3.78. The number of rotatable bonds is 4. The number of sulfonamides is 1. The van der Waals surface area contributed by atoms with Crippen LogP contribution in [-0.2, 0) is 10.0 Å². The van der Waals surface area contributed by atoms with E-state index >= 15 is 0 Å². The number of aliphatic hydroxyl groups is 1. The summed E-state index contributed by atoms with van der Waals surface area (Å²) in [6.07, 6.45) is 1.13. The van der Waals surface area contributed by atoms with Gasteiger partial charge in [0.15, 0.2) is 0 Å². The molecule has 1 rings (SSSR count). The van der Waals surface area contributed by atoms with E-state index in [2.05, 4.69) is 4.98 Å². The van der Waals surface area contributed by atoms with Crippen molar-refractivity contribution in [1.82, 2.24) is 9.29 Å². The van der Waals surface area contributed by atoms with Gasteiger partial charge in [-0.25, -0.2) is 13.4 Å². The molecule has 0 aromatic carbocycles. The first-order valence-electron chi connectivity index (χ1n) is 5.04. The molecule has 1 heterocycles. The van der Waals surface area contributed by atoms with E-state index in [1.54, 1.807) is 13.8 Å². The fourth-order valence-electron chi connectivity index (χ4n) is 1.13. The minimum absolute atomic E-state index is 0.0414. The molecule has 0 aliphatic rings. The normalized spacial score (nSPS) is 13.1. The van der Waals surface area contributed by atoms with Crippen LogP contribution in [0.3, 0.4) is 0 Å². The highest BCUT2D eigenvalue weighted by Crippen LogP contribution is 2.26. The molecule has 0 spiro atoms. The molecule has 5 nitrogen and oxygen atoms in total. The largest absolute Gasteiger partial charge is 0.394 e. The Labute approximate surface area is 116 Å². The average Bonchev–Trinajstić information content (AvgIpc) is 2.31. The molecule has 1 N–H and O–H groups in total. The molecule has 0 aliphatic carbocycles. The molecule has 0 fully saturated rings. The van der Waals surface area contributed by atoms with Crippen molar-refractivity contribution in [2.45, 2.75) is 24.3 Å². The van der Waals surface area contributed by atoms with Crippen molar-refractivity contribution < 1.29 is 13.5 Å². The number of aromatic nitrogens is 1. The Kier molecular flexibility index (Phi) is 4.61. The number of hydrogen-bond donors (Lipinski definition) is 1. The first-order valence-corrected chi connectivity index (χ1v) is 7.23. The monoisotopic (exact) mass is 312 g/mol. The van der Waals surface area contributed by atoms with E-state index in [0.717, 1.165) is 10.5 Å². The van der Waals surface area contributed by atoms with E-state index < -0.39 is 15.6 Å². The summed E-state index contributed by atoms with van der Waals surface area (Å²) < 4.78 is 25.6. The van der Waals surface area contributed by atoms with Crippen LogP contribution in [0.5, 0.6) is 0 Å². The van der Waals surface area contributed by atoms with Gasteiger partial charge in [0.25, 0.3) is 0 Å². The summed E-state index contributed by atoms with van der Waals surface area (Å²) in [7, 11) is -2.40. The molecule has 0 saturated heterocycles. The first kappa shape index (κ1) is 15.7. The first-order chi connectivity index (χ1) is 8.13. The Morgan fingerprint density at radius 3 is 2.44 bits per heavy atom. The number of pyridine rings is 1. The molecule has 0 radical (unpaired) electrons. The van der Waals surface area contributed by atoms with Gasteiger partial charge < -0.3 is 5.11 Å². The van der Waals surface area contributed by atoms with E-state index in [-0.39, 0.29) is 21.7 Å². The maximum Gasteiger partial charge on any atom is 0.244 e.